The van der Waals surface area contributed by atoms with Crippen LogP contribution in [0.2, 0.25) is 0 Å². The number of aromatic amines is 1. The number of rotatable bonds is 4. The Labute approximate surface area is 132 Å². The molecule has 0 bridgehead atoms. The maximum Gasteiger partial charge on any atom is 0.293 e. The lowest BCUT2D eigenvalue weighted by molar-refractivity contribution is -0.384. The number of carbonyl (C=O) groups is 1. The summed E-state index contributed by atoms with van der Waals surface area (Å²) in [6, 6.07) is 14.7. The highest BCUT2D eigenvalue weighted by Crippen LogP contribution is 2.30. The highest BCUT2D eigenvalue weighted by atomic mass is 16.6. The summed E-state index contributed by atoms with van der Waals surface area (Å²) in [5, 5.41) is 11.7. The summed E-state index contributed by atoms with van der Waals surface area (Å²) >= 11 is 0. The molecule has 0 radical (unpaired) electrons. The fourth-order valence-corrected chi connectivity index (χ4v) is 2.15. The number of H-pyrrole nitrogens is 1. The van der Waals surface area contributed by atoms with Gasteiger partial charge in [0, 0.05) is 34.8 Å². The van der Waals surface area contributed by atoms with Crippen molar-refractivity contribution in [3.63, 3.8) is 0 Å². The van der Waals surface area contributed by atoms with Crippen molar-refractivity contribution >= 4 is 23.1 Å². The zero-order valence-corrected chi connectivity index (χ0v) is 12.6. The third kappa shape index (κ3) is 3.94. The predicted molar refractivity (Wildman–Crippen MR) is 88.1 cm³/mol. The first kappa shape index (κ1) is 16.2. The molecule has 1 aromatic heterocycles. The second-order valence-corrected chi connectivity index (χ2v) is 4.61. The van der Waals surface area contributed by atoms with Gasteiger partial charge in [-0.15, -0.1) is 0 Å². The third-order valence-electron chi connectivity index (χ3n) is 3.20. The molecule has 1 N–H and O–H groups in total. The monoisotopic (exact) mass is 312 g/mol. The normalized spacial score (nSPS) is 9.78. The number of nitrogens with zero attached hydrogens (tertiary/aromatic N) is 1. The van der Waals surface area contributed by atoms with Gasteiger partial charge < -0.3 is 9.72 Å². The quantitative estimate of drug-likeness (QED) is 0.449. The number of benzene rings is 2. The molecule has 0 amide bonds. The number of hydrogen-bond donors (Lipinski definition) is 1. The number of aromatic nitrogens is 1. The van der Waals surface area contributed by atoms with E-state index in [0.717, 1.165) is 22.0 Å². The summed E-state index contributed by atoms with van der Waals surface area (Å²) in [7, 11) is 0. The molecule has 0 unspecified atom stereocenters. The first-order valence-electron chi connectivity index (χ1n) is 7.03. The average molecular weight is 312 g/mol. The summed E-state index contributed by atoms with van der Waals surface area (Å²) in [4.78, 5) is 22.7. The highest BCUT2D eigenvalue weighted by Gasteiger charge is 2.11. The number of fused-ring (bicyclic) bond motifs is 1. The minimum atomic E-state index is -0.374. The van der Waals surface area contributed by atoms with Gasteiger partial charge in [0.2, 0.25) is 0 Å². The van der Waals surface area contributed by atoms with Gasteiger partial charge in [-0.05, 0) is 18.6 Å². The van der Waals surface area contributed by atoms with Crippen molar-refractivity contribution in [2.45, 2.75) is 6.92 Å². The van der Waals surface area contributed by atoms with E-state index in [2.05, 4.69) is 9.72 Å². The molecule has 0 fully saturated rings. The molecule has 0 saturated heterocycles. The van der Waals surface area contributed by atoms with Crippen molar-refractivity contribution in [2.75, 3.05) is 6.61 Å². The van der Waals surface area contributed by atoms with Gasteiger partial charge in [-0.2, -0.15) is 0 Å². The third-order valence-corrected chi connectivity index (χ3v) is 3.20. The second-order valence-electron chi connectivity index (χ2n) is 4.61. The van der Waals surface area contributed by atoms with E-state index in [0.29, 0.717) is 13.1 Å². The van der Waals surface area contributed by atoms with Crippen molar-refractivity contribution in [3.05, 3.63) is 64.8 Å². The van der Waals surface area contributed by atoms with Crippen molar-refractivity contribution in [3.8, 4) is 11.1 Å². The molecule has 6 nitrogen and oxygen atoms in total. The van der Waals surface area contributed by atoms with Gasteiger partial charge in [-0.3, -0.25) is 14.9 Å². The number of non-ortho nitro benzene ring substituents is 1. The first-order chi connectivity index (χ1) is 11.2. The van der Waals surface area contributed by atoms with Gasteiger partial charge in [0.1, 0.15) is 0 Å². The van der Waals surface area contributed by atoms with E-state index in [1.165, 1.54) is 6.07 Å². The zero-order chi connectivity index (χ0) is 16.7. The Morgan fingerprint density at radius 1 is 1.22 bits per heavy atom. The second kappa shape index (κ2) is 7.74. The van der Waals surface area contributed by atoms with Gasteiger partial charge in [0.05, 0.1) is 11.5 Å². The van der Waals surface area contributed by atoms with Crippen LogP contribution in [0.25, 0.3) is 22.0 Å². The molecular formula is C17H16N2O4. The highest BCUT2D eigenvalue weighted by molar-refractivity contribution is 5.96. The molecule has 1 heterocycles. The maximum atomic E-state index is 10.8. The number of hydrogen-bond acceptors (Lipinski definition) is 4. The summed E-state index contributed by atoms with van der Waals surface area (Å²) in [5.74, 6) is 0. The molecule has 23 heavy (non-hydrogen) atoms. The van der Waals surface area contributed by atoms with Crippen molar-refractivity contribution in [2.24, 2.45) is 0 Å². The summed E-state index contributed by atoms with van der Waals surface area (Å²) in [6.45, 7) is 2.66. The van der Waals surface area contributed by atoms with Gasteiger partial charge in [0.15, 0.2) is 0 Å². The number of nitrogens with one attached hydrogen (secondary N) is 1. The number of nitro groups is 1. The van der Waals surface area contributed by atoms with E-state index < -0.39 is 0 Å². The Hall–Kier alpha value is -3.15. The largest absolute Gasteiger partial charge is 0.468 e. The number of carbonyl (C=O) groups excluding carboxylic acids is 1. The van der Waals surface area contributed by atoms with E-state index in [1.807, 2.05) is 36.5 Å². The van der Waals surface area contributed by atoms with Crippen LogP contribution in [0.1, 0.15) is 6.92 Å². The van der Waals surface area contributed by atoms with Crippen LogP contribution in [0, 0.1) is 10.1 Å². The number of ether oxygens (including phenoxy) is 1. The SMILES string of the molecule is CCOC=O.O=[N+]([O-])c1ccc2[nH]cc(-c3ccccc3)c2c1. The van der Waals surface area contributed by atoms with Crippen molar-refractivity contribution in [1.82, 2.24) is 4.98 Å². The lowest BCUT2D eigenvalue weighted by atomic mass is 10.0. The Morgan fingerprint density at radius 2 is 1.96 bits per heavy atom. The molecule has 0 aliphatic carbocycles. The summed E-state index contributed by atoms with van der Waals surface area (Å²) in [6.07, 6.45) is 1.88. The topological polar surface area (TPSA) is 85.2 Å². The van der Waals surface area contributed by atoms with Crippen LogP contribution in [0.4, 0.5) is 5.69 Å². The maximum absolute atomic E-state index is 10.8. The molecule has 118 valence electrons. The molecule has 0 atom stereocenters. The zero-order valence-electron chi connectivity index (χ0n) is 12.6. The summed E-state index contributed by atoms with van der Waals surface area (Å²) in [5.41, 5.74) is 3.04. The molecular weight excluding hydrogens is 296 g/mol. The molecule has 6 heteroatoms. The Morgan fingerprint density at radius 3 is 2.52 bits per heavy atom. The van der Waals surface area contributed by atoms with E-state index in [1.54, 1.807) is 19.1 Å². The molecule has 0 aliphatic heterocycles. The van der Waals surface area contributed by atoms with Crippen LogP contribution in [-0.2, 0) is 9.53 Å². The molecule has 0 aliphatic rings. The molecule has 0 saturated carbocycles. The number of nitro benzene ring substituents is 1. The lowest BCUT2D eigenvalue weighted by Gasteiger charge is -1.99. The van der Waals surface area contributed by atoms with E-state index in [9.17, 15) is 14.9 Å². The van der Waals surface area contributed by atoms with Crippen molar-refractivity contribution in [1.29, 1.82) is 0 Å². The van der Waals surface area contributed by atoms with Crippen LogP contribution in [0.3, 0.4) is 0 Å². The molecule has 3 rings (SSSR count). The molecule has 0 spiro atoms. The predicted octanol–water partition coefficient (Wildman–Crippen LogP) is 3.92. The average Bonchev–Trinajstić information content (AvgIpc) is 3.00. The van der Waals surface area contributed by atoms with E-state index in [4.69, 9.17) is 0 Å². The van der Waals surface area contributed by atoms with Gasteiger partial charge in [-0.1, -0.05) is 30.3 Å². The smallest absolute Gasteiger partial charge is 0.293 e. The Kier molecular flexibility index (Phi) is 5.46. The first-order valence-corrected chi connectivity index (χ1v) is 7.03. The molecule has 3 aromatic rings. The fourth-order valence-electron chi connectivity index (χ4n) is 2.15. The lowest BCUT2D eigenvalue weighted by Crippen LogP contribution is -1.86. The summed E-state index contributed by atoms with van der Waals surface area (Å²) < 4.78 is 4.15. The van der Waals surface area contributed by atoms with Crippen LogP contribution in [0.15, 0.2) is 54.7 Å². The van der Waals surface area contributed by atoms with Gasteiger partial charge in [0.25, 0.3) is 12.2 Å². The van der Waals surface area contributed by atoms with Crippen LogP contribution in [-0.4, -0.2) is 23.0 Å². The standard InChI is InChI=1S/C14H10N2O2.C3H6O2/c17-16(18)11-6-7-14-12(8-11)13(9-15-14)10-4-2-1-3-5-10;1-2-5-3-4/h1-9,15H;3H,2H2,1H3. The van der Waals surface area contributed by atoms with Gasteiger partial charge >= 0.3 is 0 Å². The van der Waals surface area contributed by atoms with E-state index in [-0.39, 0.29) is 10.6 Å². The van der Waals surface area contributed by atoms with Crippen LogP contribution in [0.5, 0.6) is 0 Å². The van der Waals surface area contributed by atoms with Gasteiger partial charge in [-0.25, -0.2) is 0 Å². The van der Waals surface area contributed by atoms with E-state index >= 15 is 0 Å². The minimum Gasteiger partial charge on any atom is -0.468 e. The Balaban J connectivity index is 0.000000338. The fraction of sp³-hybridized carbons (Fsp3) is 0.118. The molecule has 2 aromatic carbocycles. The van der Waals surface area contributed by atoms with Crippen molar-refractivity contribution < 1.29 is 14.5 Å². The van der Waals surface area contributed by atoms with Crippen LogP contribution >= 0.6 is 0 Å². The van der Waals surface area contributed by atoms with Crippen LogP contribution < -0.4 is 0 Å². The Bertz CT molecular complexity index is 797. The minimum absolute atomic E-state index is 0.110.